The van der Waals surface area contributed by atoms with Gasteiger partial charge in [0, 0.05) is 12.7 Å². The van der Waals surface area contributed by atoms with Crippen molar-refractivity contribution in [1.29, 1.82) is 0 Å². The van der Waals surface area contributed by atoms with Crippen molar-refractivity contribution in [3.63, 3.8) is 0 Å². The minimum Gasteiger partial charge on any atom is -0.390 e. The lowest BCUT2D eigenvalue weighted by molar-refractivity contribution is 0.275. The molecule has 0 aliphatic carbocycles. The molecular weight excluding hydrogens is 140 g/mol. The predicted molar refractivity (Wildman–Crippen MR) is 43.2 cm³/mol. The van der Waals surface area contributed by atoms with E-state index in [1.165, 1.54) is 5.69 Å². The van der Waals surface area contributed by atoms with Crippen molar-refractivity contribution < 1.29 is 5.11 Å². The molecule has 0 atom stereocenters. The number of rotatable bonds is 2. The first-order valence-electron chi connectivity index (χ1n) is 3.82. The molecule has 3 nitrogen and oxygen atoms in total. The lowest BCUT2D eigenvalue weighted by Gasteiger charge is -1.96. The molecule has 0 saturated heterocycles. The molecule has 0 unspecified atom stereocenters. The highest BCUT2D eigenvalue weighted by Crippen LogP contribution is 2.12. The van der Waals surface area contributed by atoms with Crippen LogP contribution in [0.1, 0.15) is 23.9 Å². The van der Waals surface area contributed by atoms with Crippen LogP contribution in [0.5, 0.6) is 0 Å². The fourth-order valence-corrected chi connectivity index (χ4v) is 1.37. The first kappa shape index (κ1) is 8.27. The molecule has 62 valence electrons. The van der Waals surface area contributed by atoms with E-state index in [2.05, 4.69) is 12.0 Å². The molecule has 0 fully saturated rings. The summed E-state index contributed by atoms with van der Waals surface area (Å²) in [5.74, 6) is 0. The van der Waals surface area contributed by atoms with Gasteiger partial charge in [0.2, 0.25) is 0 Å². The Balaban J connectivity index is 3.14. The van der Waals surface area contributed by atoms with E-state index in [1.807, 2.05) is 18.7 Å². The highest BCUT2D eigenvalue weighted by molar-refractivity contribution is 5.23. The van der Waals surface area contributed by atoms with E-state index < -0.39 is 0 Å². The summed E-state index contributed by atoms with van der Waals surface area (Å²) in [6.07, 6.45) is 0.968. The van der Waals surface area contributed by atoms with Gasteiger partial charge in [-0.1, -0.05) is 6.92 Å². The van der Waals surface area contributed by atoms with Crippen LogP contribution in [0.4, 0.5) is 0 Å². The van der Waals surface area contributed by atoms with Crippen LogP contribution in [0.3, 0.4) is 0 Å². The summed E-state index contributed by atoms with van der Waals surface area (Å²) in [7, 11) is 1.91. The average molecular weight is 154 g/mol. The number of aromatic nitrogens is 2. The van der Waals surface area contributed by atoms with Crippen molar-refractivity contribution >= 4 is 0 Å². The second kappa shape index (κ2) is 3.05. The third kappa shape index (κ3) is 1.28. The molecule has 0 saturated carbocycles. The second-order valence-corrected chi connectivity index (χ2v) is 2.65. The molecule has 0 aliphatic rings. The molecule has 0 aromatic carbocycles. The van der Waals surface area contributed by atoms with Crippen molar-refractivity contribution in [2.45, 2.75) is 26.9 Å². The number of aliphatic hydroxyl groups is 1. The zero-order chi connectivity index (χ0) is 8.43. The van der Waals surface area contributed by atoms with Crippen molar-refractivity contribution in [1.82, 2.24) is 9.78 Å². The van der Waals surface area contributed by atoms with Gasteiger partial charge in [0.15, 0.2) is 0 Å². The Kier molecular flexibility index (Phi) is 2.29. The molecule has 0 radical (unpaired) electrons. The summed E-state index contributed by atoms with van der Waals surface area (Å²) in [4.78, 5) is 0. The van der Waals surface area contributed by atoms with E-state index in [9.17, 15) is 0 Å². The van der Waals surface area contributed by atoms with Crippen LogP contribution in [0.2, 0.25) is 0 Å². The number of hydrogen-bond acceptors (Lipinski definition) is 2. The minimum absolute atomic E-state index is 0.0413. The Hall–Kier alpha value is -0.830. The summed E-state index contributed by atoms with van der Waals surface area (Å²) < 4.78 is 1.83. The van der Waals surface area contributed by atoms with E-state index >= 15 is 0 Å². The highest BCUT2D eigenvalue weighted by atomic mass is 16.3. The van der Waals surface area contributed by atoms with Crippen LogP contribution in [-0.4, -0.2) is 14.9 Å². The Morgan fingerprint density at radius 3 is 2.45 bits per heavy atom. The molecule has 0 spiro atoms. The molecule has 1 aromatic rings. The maximum absolute atomic E-state index is 8.88. The van der Waals surface area contributed by atoms with Crippen molar-refractivity contribution in [3.05, 3.63) is 17.0 Å². The van der Waals surface area contributed by atoms with Crippen molar-refractivity contribution in [2.24, 2.45) is 7.05 Å². The summed E-state index contributed by atoms with van der Waals surface area (Å²) in [6.45, 7) is 4.13. The predicted octanol–water partition coefficient (Wildman–Crippen LogP) is 0.783. The van der Waals surface area contributed by atoms with Gasteiger partial charge in [0.05, 0.1) is 12.3 Å². The Bertz CT molecular complexity index is 253. The molecule has 0 bridgehead atoms. The number of aliphatic hydroxyl groups excluding tert-OH is 1. The molecule has 0 amide bonds. The van der Waals surface area contributed by atoms with E-state index in [0.29, 0.717) is 0 Å². The van der Waals surface area contributed by atoms with Gasteiger partial charge in [0.1, 0.15) is 0 Å². The van der Waals surface area contributed by atoms with Crippen molar-refractivity contribution in [3.8, 4) is 0 Å². The van der Waals surface area contributed by atoms with Crippen molar-refractivity contribution in [2.75, 3.05) is 0 Å². The van der Waals surface area contributed by atoms with Crippen LogP contribution >= 0.6 is 0 Å². The molecule has 1 N–H and O–H groups in total. The minimum atomic E-state index is 0.0413. The number of aryl methyl sites for hydroxylation is 1. The zero-order valence-corrected chi connectivity index (χ0v) is 7.26. The van der Waals surface area contributed by atoms with E-state index in [0.717, 1.165) is 17.7 Å². The fraction of sp³-hybridized carbons (Fsp3) is 0.625. The van der Waals surface area contributed by atoms with Crippen LogP contribution in [0, 0.1) is 6.92 Å². The smallest absolute Gasteiger partial charge is 0.0910 e. The van der Waals surface area contributed by atoms with Gasteiger partial charge in [-0.05, 0) is 18.9 Å². The Labute approximate surface area is 66.7 Å². The van der Waals surface area contributed by atoms with Crippen LogP contribution in [0.15, 0.2) is 0 Å². The van der Waals surface area contributed by atoms with Crippen LogP contribution in [0.25, 0.3) is 0 Å². The Morgan fingerprint density at radius 2 is 2.18 bits per heavy atom. The maximum Gasteiger partial charge on any atom is 0.0910 e. The van der Waals surface area contributed by atoms with Crippen LogP contribution < -0.4 is 0 Å². The van der Waals surface area contributed by atoms with Gasteiger partial charge in [-0.3, -0.25) is 4.68 Å². The topological polar surface area (TPSA) is 38.1 Å². The monoisotopic (exact) mass is 154 g/mol. The summed E-state index contributed by atoms with van der Waals surface area (Å²) >= 11 is 0. The lowest BCUT2D eigenvalue weighted by Crippen LogP contribution is -1.96. The fourth-order valence-electron chi connectivity index (χ4n) is 1.37. The summed E-state index contributed by atoms with van der Waals surface area (Å²) in [5.41, 5.74) is 3.12. The lowest BCUT2D eigenvalue weighted by atomic mass is 10.2. The molecule has 1 heterocycles. The second-order valence-electron chi connectivity index (χ2n) is 2.65. The SMILES string of the molecule is CCc1c(C)c(CO)nn1C. The number of hydrogen-bond donors (Lipinski definition) is 1. The molecule has 1 rings (SSSR count). The molecular formula is C8H14N2O. The molecule has 11 heavy (non-hydrogen) atoms. The standard InChI is InChI=1S/C8H14N2O/c1-4-8-6(2)7(5-11)9-10(8)3/h11H,4-5H2,1-3H3. The quantitative estimate of drug-likeness (QED) is 0.683. The normalized spacial score (nSPS) is 10.5. The molecule has 3 heteroatoms. The van der Waals surface area contributed by atoms with E-state index in [1.54, 1.807) is 0 Å². The molecule has 0 aliphatic heterocycles. The van der Waals surface area contributed by atoms with E-state index in [-0.39, 0.29) is 6.61 Å². The largest absolute Gasteiger partial charge is 0.390 e. The van der Waals surface area contributed by atoms with E-state index in [4.69, 9.17) is 5.11 Å². The number of nitrogens with zero attached hydrogens (tertiary/aromatic N) is 2. The molecule has 1 aromatic heterocycles. The van der Waals surface area contributed by atoms with Gasteiger partial charge in [0.25, 0.3) is 0 Å². The third-order valence-corrected chi connectivity index (χ3v) is 2.01. The summed E-state index contributed by atoms with van der Waals surface area (Å²) in [5, 5.41) is 13.0. The maximum atomic E-state index is 8.88. The van der Waals surface area contributed by atoms with Crippen LogP contribution in [-0.2, 0) is 20.1 Å². The van der Waals surface area contributed by atoms with Gasteiger partial charge in [-0.15, -0.1) is 0 Å². The van der Waals surface area contributed by atoms with Gasteiger partial charge in [-0.25, -0.2) is 0 Å². The zero-order valence-electron chi connectivity index (χ0n) is 7.26. The Morgan fingerprint density at radius 1 is 1.55 bits per heavy atom. The van der Waals surface area contributed by atoms with Gasteiger partial charge in [-0.2, -0.15) is 5.10 Å². The first-order valence-corrected chi connectivity index (χ1v) is 3.82. The average Bonchev–Trinajstić information content (AvgIpc) is 2.26. The summed E-state index contributed by atoms with van der Waals surface area (Å²) in [6, 6.07) is 0. The first-order chi connectivity index (χ1) is 5.20. The van der Waals surface area contributed by atoms with Gasteiger partial charge >= 0.3 is 0 Å². The van der Waals surface area contributed by atoms with Gasteiger partial charge < -0.3 is 5.11 Å². The highest BCUT2D eigenvalue weighted by Gasteiger charge is 2.08. The third-order valence-electron chi connectivity index (χ3n) is 2.01.